The first-order valence-corrected chi connectivity index (χ1v) is 6.08. The first-order chi connectivity index (χ1) is 8.49. The highest BCUT2D eigenvalue weighted by molar-refractivity contribution is 9.10. The van der Waals surface area contributed by atoms with Gasteiger partial charge in [0.1, 0.15) is 5.82 Å². The standard InChI is InChI=1S/C11H7BrClFN2O2/c12-7-5-16(11(18)15-10(7)17)4-6-8(13)2-1-3-9(6)14/h1-3,5H,4H2,(H,15,17,18). The highest BCUT2D eigenvalue weighted by Crippen LogP contribution is 2.19. The minimum atomic E-state index is -0.623. The molecule has 7 heteroatoms. The lowest BCUT2D eigenvalue weighted by atomic mass is 10.2. The van der Waals surface area contributed by atoms with Gasteiger partial charge in [-0.25, -0.2) is 9.18 Å². The molecule has 0 bridgehead atoms. The predicted octanol–water partition coefficient (Wildman–Crippen LogP) is 2.14. The third-order valence-corrected chi connectivity index (χ3v) is 3.28. The Bertz CT molecular complexity index is 691. The Morgan fingerprint density at radius 2 is 2.11 bits per heavy atom. The van der Waals surface area contributed by atoms with Gasteiger partial charge in [-0.3, -0.25) is 14.3 Å². The lowest BCUT2D eigenvalue weighted by Crippen LogP contribution is -2.30. The number of H-pyrrole nitrogens is 1. The molecule has 0 amide bonds. The topological polar surface area (TPSA) is 54.9 Å². The maximum absolute atomic E-state index is 13.6. The number of nitrogens with zero attached hydrogens (tertiary/aromatic N) is 1. The van der Waals surface area contributed by atoms with Gasteiger partial charge in [0.25, 0.3) is 5.56 Å². The van der Waals surface area contributed by atoms with Crippen LogP contribution in [0.4, 0.5) is 4.39 Å². The van der Waals surface area contributed by atoms with Crippen molar-refractivity contribution in [3.05, 3.63) is 66.1 Å². The molecule has 0 atom stereocenters. The molecule has 4 nitrogen and oxygen atoms in total. The number of aromatic nitrogens is 2. The Morgan fingerprint density at radius 1 is 1.39 bits per heavy atom. The average Bonchev–Trinajstić information content (AvgIpc) is 2.30. The van der Waals surface area contributed by atoms with Crippen molar-refractivity contribution in [2.75, 3.05) is 0 Å². The summed E-state index contributed by atoms with van der Waals surface area (Å²) in [5.41, 5.74) is -0.960. The van der Waals surface area contributed by atoms with E-state index in [-0.39, 0.29) is 21.6 Å². The summed E-state index contributed by atoms with van der Waals surface area (Å²) in [6, 6.07) is 4.27. The van der Waals surface area contributed by atoms with Gasteiger partial charge in [-0.2, -0.15) is 0 Å². The summed E-state index contributed by atoms with van der Waals surface area (Å²) < 4.78 is 14.9. The molecular formula is C11H7BrClFN2O2. The van der Waals surface area contributed by atoms with E-state index in [4.69, 9.17) is 11.6 Å². The Labute approximate surface area is 114 Å². The largest absolute Gasteiger partial charge is 0.328 e. The highest BCUT2D eigenvalue weighted by Gasteiger charge is 2.09. The molecular weight excluding hydrogens is 326 g/mol. The van der Waals surface area contributed by atoms with Crippen LogP contribution in [0.25, 0.3) is 0 Å². The summed E-state index contributed by atoms with van der Waals surface area (Å²) in [6.45, 7) is -0.0558. The Morgan fingerprint density at radius 3 is 2.78 bits per heavy atom. The molecule has 2 rings (SSSR count). The molecule has 0 saturated heterocycles. The predicted molar refractivity (Wildman–Crippen MR) is 69.5 cm³/mol. The zero-order valence-electron chi connectivity index (χ0n) is 8.91. The van der Waals surface area contributed by atoms with Crippen molar-refractivity contribution in [2.24, 2.45) is 0 Å². The minimum Gasteiger partial charge on any atom is -0.295 e. The number of aromatic amines is 1. The first kappa shape index (κ1) is 13.0. The molecule has 1 aromatic heterocycles. The maximum atomic E-state index is 13.6. The molecule has 1 heterocycles. The second kappa shape index (κ2) is 5.07. The van der Waals surface area contributed by atoms with Gasteiger partial charge in [-0.15, -0.1) is 0 Å². The van der Waals surface area contributed by atoms with Crippen molar-refractivity contribution in [2.45, 2.75) is 6.54 Å². The number of rotatable bonds is 2. The van der Waals surface area contributed by atoms with Crippen LogP contribution >= 0.6 is 27.5 Å². The Balaban J connectivity index is 2.50. The summed E-state index contributed by atoms with van der Waals surface area (Å²) in [7, 11) is 0. The number of nitrogens with one attached hydrogen (secondary N) is 1. The van der Waals surface area contributed by atoms with E-state index in [1.165, 1.54) is 24.4 Å². The third kappa shape index (κ3) is 2.54. The van der Waals surface area contributed by atoms with E-state index in [2.05, 4.69) is 20.9 Å². The van der Waals surface area contributed by atoms with Crippen LogP contribution in [0.2, 0.25) is 5.02 Å². The van der Waals surface area contributed by atoms with Crippen LogP contribution in [0.15, 0.2) is 38.5 Å². The summed E-state index contributed by atoms with van der Waals surface area (Å²) in [6.07, 6.45) is 1.30. The number of halogens is 3. The second-order valence-corrected chi connectivity index (χ2v) is 4.83. The van der Waals surface area contributed by atoms with Gasteiger partial charge >= 0.3 is 5.69 Å². The summed E-state index contributed by atoms with van der Waals surface area (Å²) in [4.78, 5) is 24.8. The van der Waals surface area contributed by atoms with E-state index < -0.39 is 17.1 Å². The van der Waals surface area contributed by atoms with Gasteiger partial charge in [-0.05, 0) is 28.1 Å². The fourth-order valence-electron chi connectivity index (χ4n) is 1.45. The van der Waals surface area contributed by atoms with E-state index in [0.29, 0.717) is 0 Å². The lowest BCUT2D eigenvalue weighted by molar-refractivity contribution is 0.592. The van der Waals surface area contributed by atoms with Crippen molar-refractivity contribution in [3.8, 4) is 0 Å². The minimum absolute atomic E-state index is 0.0558. The van der Waals surface area contributed by atoms with Gasteiger partial charge in [0.05, 0.1) is 11.0 Å². The van der Waals surface area contributed by atoms with Crippen LogP contribution in [-0.2, 0) is 6.54 Å². The number of hydrogen-bond donors (Lipinski definition) is 1. The molecule has 0 aliphatic rings. The summed E-state index contributed by atoms with van der Waals surface area (Å²) in [5, 5.41) is 0.226. The van der Waals surface area contributed by atoms with Gasteiger partial charge in [-0.1, -0.05) is 17.7 Å². The Kier molecular flexibility index (Phi) is 3.68. The summed E-state index contributed by atoms with van der Waals surface area (Å²) in [5.74, 6) is -0.503. The number of hydrogen-bond acceptors (Lipinski definition) is 2. The Hall–Kier alpha value is -1.40. The molecule has 94 valence electrons. The molecule has 1 aromatic carbocycles. The van der Waals surface area contributed by atoms with Crippen molar-refractivity contribution < 1.29 is 4.39 Å². The van der Waals surface area contributed by atoms with Crippen molar-refractivity contribution in [1.82, 2.24) is 9.55 Å². The van der Waals surface area contributed by atoms with Crippen LogP contribution in [0.3, 0.4) is 0 Å². The molecule has 2 aromatic rings. The molecule has 1 N–H and O–H groups in total. The zero-order valence-corrected chi connectivity index (χ0v) is 11.3. The SMILES string of the molecule is O=c1[nH]c(=O)n(Cc2c(F)cccc2Cl)cc1Br. The normalized spacial score (nSPS) is 10.6. The molecule has 0 aliphatic carbocycles. The molecule has 0 radical (unpaired) electrons. The highest BCUT2D eigenvalue weighted by atomic mass is 79.9. The van der Waals surface area contributed by atoms with Crippen molar-refractivity contribution in [3.63, 3.8) is 0 Å². The fourth-order valence-corrected chi connectivity index (χ4v) is 2.02. The van der Waals surface area contributed by atoms with Gasteiger partial charge in [0.2, 0.25) is 0 Å². The van der Waals surface area contributed by atoms with Crippen LogP contribution < -0.4 is 11.2 Å². The van der Waals surface area contributed by atoms with E-state index in [1.807, 2.05) is 0 Å². The number of benzene rings is 1. The van der Waals surface area contributed by atoms with Crippen molar-refractivity contribution in [1.29, 1.82) is 0 Å². The van der Waals surface area contributed by atoms with Crippen LogP contribution in [0.5, 0.6) is 0 Å². The maximum Gasteiger partial charge on any atom is 0.328 e. The van der Waals surface area contributed by atoms with Gasteiger partial charge in [0.15, 0.2) is 0 Å². The van der Waals surface area contributed by atoms with Crippen LogP contribution in [0, 0.1) is 5.82 Å². The molecule has 0 unspecified atom stereocenters. The van der Waals surface area contributed by atoms with E-state index in [1.54, 1.807) is 0 Å². The monoisotopic (exact) mass is 332 g/mol. The van der Waals surface area contributed by atoms with E-state index in [9.17, 15) is 14.0 Å². The van der Waals surface area contributed by atoms with Crippen LogP contribution in [0.1, 0.15) is 5.56 Å². The summed E-state index contributed by atoms with van der Waals surface area (Å²) >= 11 is 8.86. The van der Waals surface area contributed by atoms with Crippen LogP contribution in [-0.4, -0.2) is 9.55 Å². The lowest BCUT2D eigenvalue weighted by Gasteiger charge is -2.08. The quantitative estimate of drug-likeness (QED) is 0.915. The van der Waals surface area contributed by atoms with E-state index >= 15 is 0 Å². The molecule has 0 fully saturated rings. The molecule has 0 aliphatic heterocycles. The van der Waals surface area contributed by atoms with Gasteiger partial charge in [0, 0.05) is 16.8 Å². The van der Waals surface area contributed by atoms with E-state index in [0.717, 1.165) is 4.57 Å². The zero-order chi connectivity index (χ0) is 13.3. The third-order valence-electron chi connectivity index (χ3n) is 2.36. The molecule has 18 heavy (non-hydrogen) atoms. The fraction of sp³-hybridized carbons (Fsp3) is 0.0909. The second-order valence-electron chi connectivity index (χ2n) is 3.56. The smallest absolute Gasteiger partial charge is 0.295 e. The molecule has 0 spiro atoms. The molecule has 0 saturated carbocycles. The van der Waals surface area contributed by atoms with Crippen molar-refractivity contribution >= 4 is 27.5 Å². The first-order valence-electron chi connectivity index (χ1n) is 4.91. The van der Waals surface area contributed by atoms with Gasteiger partial charge < -0.3 is 0 Å². The average molecular weight is 334 g/mol.